The van der Waals surface area contributed by atoms with Gasteiger partial charge in [-0.05, 0) is 30.3 Å². The molecule has 2 N–H and O–H groups in total. The van der Waals surface area contributed by atoms with E-state index in [-0.39, 0.29) is 36.2 Å². The summed E-state index contributed by atoms with van der Waals surface area (Å²) >= 11 is 0. The number of ether oxygens (including phenoxy) is 1. The summed E-state index contributed by atoms with van der Waals surface area (Å²) in [6.45, 7) is -0.190. The summed E-state index contributed by atoms with van der Waals surface area (Å²) in [4.78, 5) is 20.4. The van der Waals surface area contributed by atoms with Crippen LogP contribution in [0.1, 0.15) is 16.1 Å². The van der Waals surface area contributed by atoms with Gasteiger partial charge in [0.15, 0.2) is 5.69 Å². The fourth-order valence-corrected chi connectivity index (χ4v) is 2.35. The number of aliphatic hydroxyl groups excluding tert-OH is 1. The first kappa shape index (κ1) is 20.3. The normalized spacial score (nSPS) is 11.3. The Morgan fingerprint density at radius 3 is 2.55 bits per heavy atom. The zero-order valence-corrected chi connectivity index (χ0v) is 15.1. The highest BCUT2D eigenvalue weighted by atomic mass is 19.4. The van der Waals surface area contributed by atoms with Crippen LogP contribution in [0.25, 0.3) is 11.4 Å². The van der Waals surface area contributed by atoms with Gasteiger partial charge in [0.05, 0.1) is 18.4 Å². The number of carbonyl (C=O) groups excluding carboxylic acids is 1. The lowest BCUT2D eigenvalue weighted by Gasteiger charge is -2.11. The molecule has 0 atom stereocenters. The predicted octanol–water partition coefficient (Wildman–Crippen LogP) is 2.41. The summed E-state index contributed by atoms with van der Waals surface area (Å²) in [7, 11) is 1.69. The van der Waals surface area contributed by atoms with Crippen LogP contribution >= 0.6 is 0 Å². The Hall–Kier alpha value is -3.47. The molecule has 0 fully saturated rings. The smallest absolute Gasteiger partial charge is 0.416 e. The molecule has 0 saturated heterocycles. The molecule has 1 amide bonds. The van der Waals surface area contributed by atoms with Crippen molar-refractivity contribution in [1.29, 1.82) is 0 Å². The van der Waals surface area contributed by atoms with Crippen LogP contribution < -0.4 is 10.1 Å². The number of alkyl halides is 3. The van der Waals surface area contributed by atoms with E-state index < -0.39 is 17.6 Å². The van der Waals surface area contributed by atoms with E-state index in [4.69, 9.17) is 9.84 Å². The van der Waals surface area contributed by atoms with Gasteiger partial charge in [-0.15, -0.1) is 0 Å². The monoisotopic (exact) mass is 407 g/mol. The Balaban J connectivity index is 1.94. The molecule has 0 aliphatic rings. The van der Waals surface area contributed by atoms with Gasteiger partial charge in [0.1, 0.15) is 17.1 Å². The SMILES string of the molecule is Cn1ccc(-c2nc(C(=O)NCCO)cnc2Oc2ccc(C(F)(F)F)cc2)n1. The van der Waals surface area contributed by atoms with Gasteiger partial charge in [-0.25, -0.2) is 9.97 Å². The molecule has 2 heterocycles. The minimum Gasteiger partial charge on any atom is -0.437 e. The van der Waals surface area contributed by atoms with E-state index in [0.29, 0.717) is 5.69 Å². The highest BCUT2D eigenvalue weighted by molar-refractivity contribution is 5.92. The molecule has 11 heteroatoms. The summed E-state index contributed by atoms with van der Waals surface area (Å²) in [5.41, 5.74) is -0.337. The average molecular weight is 407 g/mol. The van der Waals surface area contributed by atoms with Crippen LogP contribution in [0.4, 0.5) is 13.2 Å². The van der Waals surface area contributed by atoms with E-state index in [1.807, 2.05) is 0 Å². The third-order valence-corrected chi connectivity index (χ3v) is 3.72. The van der Waals surface area contributed by atoms with Gasteiger partial charge in [-0.1, -0.05) is 0 Å². The van der Waals surface area contributed by atoms with Crippen molar-refractivity contribution in [3.63, 3.8) is 0 Å². The van der Waals surface area contributed by atoms with Crippen LogP contribution in [0.3, 0.4) is 0 Å². The summed E-state index contributed by atoms with van der Waals surface area (Å²) in [6.07, 6.45) is -1.64. The van der Waals surface area contributed by atoms with Crippen molar-refractivity contribution in [2.75, 3.05) is 13.2 Å². The Kier molecular flexibility index (Phi) is 5.78. The number of hydrogen-bond acceptors (Lipinski definition) is 6. The summed E-state index contributed by atoms with van der Waals surface area (Å²) in [6, 6.07) is 5.72. The van der Waals surface area contributed by atoms with Crippen molar-refractivity contribution in [3.05, 3.63) is 54.0 Å². The maximum Gasteiger partial charge on any atom is 0.416 e. The molecule has 0 radical (unpaired) electrons. The van der Waals surface area contributed by atoms with E-state index in [1.54, 1.807) is 19.3 Å². The highest BCUT2D eigenvalue weighted by Gasteiger charge is 2.30. The van der Waals surface area contributed by atoms with Crippen LogP contribution in [-0.2, 0) is 13.2 Å². The molecule has 8 nitrogen and oxygen atoms in total. The molecule has 29 heavy (non-hydrogen) atoms. The number of hydrogen-bond donors (Lipinski definition) is 2. The number of amides is 1. The quantitative estimate of drug-likeness (QED) is 0.651. The molecule has 0 aliphatic heterocycles. The number of carbonyl (C=O) groups is 1. The van der Waals surface area contributed by atoms with E-state index in [2.05, 4.69) is 20.4 Å². The average Bonchev–Trinajstić information content (AvgIpc) is 3.12. The van der Waals surface area contributed by atoms with Crippen LogP contribution in [-0.4, -0.2) is 43.9 Å². The number of aromatic nitrogens is 4. The van der Waals surface area contributed by atoms with Gasteiger partial charge in [0, 0.05) is 19.8 Å². The number of nitrogens with zero attached hydrogens (tertiary/aromatic N) is 4. The molecule has 0 aliphatic carbocycles. The zero-order valence-electron chi connectivity index (χ0n) is 15.1. The zero-order chi connectivity index (χ0) is 21.0. The van der Waals surface area contributed by atoms with Gasteiger partial charge in [-0.3, -0.25) is 9.48 Å². The van der Waals surface area contributed by atoms with Crippen molar-refractivity contribution >= 4 is 5.91 Å². The van der Waals surface area contributed by atoms with Crippen LogP contribution in [0.2, 0.25) is 0 Å². The number of benzene rings is 1. The van der Waals surface area contributed by atoms with Crippen molar-refractivity contribution < 1.29 is 27.8 Å². The third kappa shape index (κ3) is 4.88. The second kappa shape index (κ2) is 8.27. The molecule has 0 saturated carbocycles. The first-order valence-corrected chi connectivity index (χ1v) is 8.39. The maximum atomic E-state index is 12.7. The molecule has 1 aromatic carbocycles. The minimum atomic E-state index is -4.46. The molecular weight excluding hydrogens is 391 g/mol. The van der Waals surface area contributed by atoms with E-state index in [9.17, 15) is 18.0 Å². The largest absolute Gasteiger partial charge is 0.437 e. The van der Waals surface area contributed by atoms with E-state index in [0.717, 1.165) is 24.3 Å². The van der Waals surface area contributed by atoms with Gasteiger partial charge >= 0.3 is 6.18 Å². The lowest BCUT2D eigenvalue weighted by Crippen LogP contribution is -2.27. The van der Waals surface area contributed by atoms with Gasteiger partial charge < -0.3 is 15.2 Å². The summed E-state index contributed by atoms with van der Waals surface area (Å²) in [5, 5.41) is 15.5. The van der Waals surface area contributed by atoms with Gasteiger partial charge in [-0.2, -0.15) is 18.3 Å². The molecule has 0 spiro atoms. The first-order chi connectivity index (χ1) is 13.8. The second-order valence-electron chi connectivity index (χ2n) is 5.89. The van der Waals surface area contributed by atoms with Crippen molar-refractivity contribution in [2.24, 2.45) is 7.05 Å². The Morgan fingerprint density at radius 1 is 1.24 bits per heavy atom. The predicted molar refractivity (Wildman–Crippen MR) is 95.2 cm³/mol. The molecular formula is C18H16F3N5O3. The molecule has 0 bridgehead atoms. The topological polar surface area (TPSA) is 102 Å². The first-order valence-electron chi connectivity index (χ1n) is 8.39. The minimum absolute atomic E-state index is 0.0258. The fraction of sp³-hybridized carbons (Fsp3) is 0.222. The number of nitrogens with one attached hydrogen (secondary N) is 1. The van der Waals surface area contributed by atoms with Gasteiger partial charge in [0.2, 0.25) is 5.88 Å². The standard InChI is InChI=1S/C18H16F3N5O3/c1-26-8-6-13(25-26)15-17(23-10-14(24-15)16(28)22-7-9-27)29-12-4-2-11(3-5-12)18(19,20)21/h2-6,8,10,27H,7,9H2,1H3,(H,22,28). The highest BCUT2D eigenvalue weighted by Crippen LogP contribution is 2.33. The van der Waals surface area contributed by atoms with Crippen molar-refractivity contribution in [3.8, 4) is 23.0 Å². The number of rotatable bonds is 6. The summed E-state index contributed by atoms with van der Waals surface area (Å²) in [5.74, 6) is -0.464. The lowest BCUT2D eigenvalue weighted by atomic mass is 10.2. The molecule has 152 valence electrons. The van der Waals surface area contributed by atoms with E-state index in [1.165, 1.54) is 10.9 Å². The molecule has 0 unspecified atom stereocenters. The lowest BCUT2D eigenvalue weighted by molar-refractivity contribution is -0.137. The number of halogens is 3. The third-order valence-electron chi connectivity index (χ3n) is 3.72. The number of aryl methyl sites for hydroxylation is 1. The Bertz CT molecular complexity index is 1000. The van der Waals surface area contributed by atoms with Gasteiger partial charge in [0.25, 0.3) is 5.91 Å². The van der Waals surface area contributed by atoms with Crippen LogP contribution in [0, 0.1) is 0 Å². The van der Waals surface area contributed by atoms with Crippen molar-refractivity contribution in [2.45, 2.75) is 6.18 Å². The van der Waals surface area contributed by atoms with E-state index >= 15 is 0 Å². The van der Waals surface area contributed by atoms with Crippen LogP contribution in [0.15, 0.2) is 42.7 Å². The number of aliphatic hydroxyl groups is 1. The molecule has 2 aromatic heterocycles. The van der Waals surface area contributed by atoms with Crippen LogP contribution in [0.5, 0.6) is 11.6 Å². The Labute approximate surface area is 163 Å². The Morgan fingerprint density at radius 2 is 1.97 bits per heavy atom. The van der Waals surface area contributed by atoms with Crippen molar-refractivity contribution in [1.82, 2.24) is 25.1 Å². The summed E-state index contributed by atoms with van der Waals surface area (Å²) < 4.78 is 45.3. The molecule has 3 rings (SSSR count). The fourth-order valence-electron chi connectivity index (χ4n) is 2.35. The maximum absolute atomic E-state index is 12.7. The molecule has 3 aromatic rings. The second-order valence-corrected chi connectivity index (χ2v) is 5.89.